The van der Waals surface area contributed by atoms with Crippen molar-refractivity contribution in [1.29, 1.82) is 0 Å². The molecule has 2 aromatic rings. The van der Waals surface area contributed by atoms with E-state index >= 15 is 0 Å². The summed E-state index contributed by atoms with van der Waals surface area (Å²) in [6.45, 7) is 1.97. The van der Waals surface area contributed by atoms with Crippen LogP contribution in [0, 0.1) is 6.92 Å². The van der Waals surface area contributed by atoms with E-state index in [1.165, 1.54) is 0 Å². The van der Waals surface area contributed by atoms with E-state index < -0.39 is 0 Å². The maximum Gasteiger partial charge on any atom is 0.255 e. The van der Waals surface area contributed by atoms with Gasteiger partial charge in [-0.25, -0.2) is 4.68 Å². The van der Waals surface area contributed by atoms with Gasteiger partial charge < -0.3 is 10.4 Å². The molecule has 1 aromatic heterocycles. The van der Waals surface area contributed by atoms with Gasteiger partial charge in [-0.15, -0.1) is 0 Å². The first-order valence-electron chi connectivity index (χ1n) is 9.36. The third-order valence-electron chi connectivity index (χ3n) is 5.45. The Morgan fingerprint density at radius 2 is 1.96 bits per heavy atom. The summed E-state index contributed by atoms with van der Waals surface area (Å²) in [7, 11) is 0. The fourth-order valence-corrected chi connectivity index (χ4v) is 3.86. The number of aliphatic hydroxyl groups is 1. The Hall–Kier alpha value is -1.85. The van der Waals surface area contributed by atoms with E-state index in [9.17, 15) is 9.90 Å². The van der Waals surface area contributed by atoms with Crippen LogP contribution in [0.25, 0.3) is 5.69 Å². The van der Waals surface area contributed by atoms with E-state index in [1.807, 2.05) is 29.8 Å². The van der Waals surface area contributed by atoms with Gasteiger partial charge in [0.15, 0.2) is 0 Å². The lowest BCUT2D eigenvalue weighted by Gasteiger charge is -2.26. The molecule has 1 amide bonds. The summed E-state index contributed by atoms with van der Waals surface area (Å²) < 4.78 is 1.86. The number of aryl methyl sites for hydroxylation is 1. The molecule has 0 spiro atoms. The monoisotopic (exact) mass is 373 g/mol. The van der Waals surface area contributed by atoms with Crippen LogP contribution in [-0.4, -0.2) is 32.9 Å². The minimum atomic E-state index is -0.223. The molecule has 0 radical (unpaired) electrons. The van der Waals surface area contributed by atoms with Crippen molar-refractivity contribution in [2.24, 2.45) is 0 Å². The molecule has 138 valence electrons. The van der Waals surface area contributed by atoms with Gasteiger partial charge in [0.2, 0.25) is 0 Å². The second kappa shape index (κ2) is 7.05. The highest BCUT2D eigenvalue weighted by Crippen LogP contribution is 2.42. The van der Waals surface area contributed by atoms with E-state index in [4.69, 9.17) is 11.6 Å². The first-order chi connectivity index (χ1) is 12.5. The number of aromatic nitrogens is 2. The highest BCUT2D eigenvalue weighted by atomic mass is 35.5. The number of halogens is 1. The van der Waals surface area contributed by atoms with E-state index in [0.717, 1.165) is 55.5 Å². The van der Waals surface area contributed by atoms with Crippen molar-refractivity contribution in [2.75, 3.05) is 0 Å². The predicted octanol–water partition coefficient (Wildman–Crippen LogP) is 3.74. The van der Waals surface area contributed by atoms with Crippen molar-refractivity contribution in [3.8, 4) is 5.69 Å². The fraction of sp³-hybridized carbons (Fsp3) is 0.500. The number of benzene rings is 1. The van der Waals surface area contributed by atoms with Crippen LogP contribution in [0.1, 0.15) is 66.1 Å². The van der Waals surface area contributed by atoms with Gasteiger partial charge in [-0.2, -0.15) is 5.10 Å². The summed E-state index contributed by atoms with van der Waals surface area (Å²) in [4.78, 5) is 12.9. The summed E-state index contributed by atoms with van der Waals surface area (Å²) >= 11 is 6.28. The first-order valence-corrected chi connectivity index (χ1v) is 9.74. The van der Waals surface area contributed by atoms with Gasteiger partial charge in [0, 0.05) is 17.0 Å². The molecule has 4 rings (SSSR count). The Bertz CT molecular complexity index is 820. The standard InChI is InChI=1S/C20H24ClN3O2/c1-12-2-7-15(10-18(12)21)24-19(13-3-4-13)17(11-22-24)20(26)23-14-5-8-16(25)9-6-14/h2,7,10-11,13-14,16,25H,3-6,8-9H2,1H3,(H,23,26). The number of amides is 1. The van der Waals surface area contributed by atoms with Crippen LogP contribution in [0.4, 0.5) is 0 Å². The average Bonchev–Trinajstić information content (AvgIpc) is 3.37. The van der Waals surface area contributed by atoms with Gasteiger partial charge in [0.25, 0.3) is 5.91 Å². The minimum Gasteiger partial charge on any atom is -0.393 e. The number of nitrogens with zero attached hydrogens (tertiary/aromatic N) is 2. The zero-order valence-corrected chi connectivity index (χ0v) is 15.7. The molecule has 26 heavy (non-hydrogen) atoms. The highest BCUT2D eigenvalue weighted by Gasteiger charge is 2.33. The molecular weight excluding hydrogens is 350 g/mol. The van der Waals surface area contributed by atoms with Crippen molar-refractivity contribution in [3.05, 3.63) is 46.2 Å². The Labute approximate surface area is 158 Å². The maximum atomic E-state index is 12.9. The predicted molar refractivity (Wildman–Crippen MR) is 101 cm³/mol. The lowest BCUT2D eigenvalue weighted by molar-refractivity contribution is 0.0866. The van der Waals surface area contributed by atoms with Gasteiger partial charge in [0.1, 0.15) is 0 Å². The molecule has 0 unspecified atom stereocenters. The first kappa shape index (κ1) is 17.6. The minimum absolute atomic E-state index is 0.0576. The fourth-order valence-electron chi connectivity index (χ4n) is 3.69. The Kier molecular flexibility index (Phi) is 4.76. The second-order valence-corrected chi connectivity index (χ2v) is 7.95. The third-order valence-corrected chi connectivity index (χ3v) is 5.85. The van der Waals surface area contributed by atoms with Crippen molar-refractivity contribution in [2.45, 2.75) is 63.5 Å². The number of rotatable bonds is 4. The molecule has 2 aliphatic carbocycles. The number of aliphatic hydroxyl groups excluding tert-OH is 1. The molecule has 5 nitrogen and oxygen atoms in total. The van der Waals surface area contributed by atoms with Crippen LogP contribution in [0.15, 0.2) is 24.4 Å². The largest absolute Gasteiger partial charge is 0.393 e. The Balaban J connectivity index is 1.60. The maximum absolute atomic E-state index is 12.9. The zero-order chi connectivity index (χ0) is 18.3. The molecule has 2 N–H and O–H groups in total. The van der Waals surface area contributed by atoms with Crippen LogP contribution >= 0.6 is 11.6 Å². The normalized spacial score (nSPS) is 23.0. The summed E-state index contributed by atoms with van der Waals surface area (Å²) in [5.41, 5.74) is 3.56. The summed E-state index contributed by atoms with van der Waals surface area (Å²) in [5, 5.41) is 18.0. The molecule has 2 fully saturated rings. The lowest BCUT2D eigenvalue weighted by Crippen LogP contribution is -2.38. The Morgan fingerprint density at radius 3 is 2.62 bits per heavy atom. The van der Waals surface area contributed by atoms with Crippen LogP contribution in [0.2, 0.25) is 5.02 Å². The van der Waals surface area contributed by atoms with Gasteiger partial charge in [-0.05, 0) is 63.1 Å². The van der Waals surface area contributed by atoms with Crippen LogP contribution in [0.3, 0.4) is 0 Å². The molecule has 6 heteroatoms. The van der Waals surface area contributed by atoms with Crippen molar-refractivity contribution in [1.82, 2.24) is 15.1 Å². The molecular formula is C20H24ClN3O2. The number of nitrogens with one attached hydrogen (secondary N) is 1. The lowest BCUT2D eigenvalue weighted by atomic mass is 9.93. The topological polar surface area (TPSA) is 67.2 Å². The van der Waals surface area contributed by atoms with E-state index in [2.05, 4.69) is 10.4 Å². The molecule has 0 atom stereocenters. The SMILES string of the molecule is Cc1ccc(-n2ncc(C(=O)NC3CCC(O)CC3)c2C2CC2)cc1Cl. The van der Waals surface area contributed by atoms with E-state index in [1.54, 1.807) is 6.20 Å². The molecule has 0 saturated heterocycles. The zero-order valence-electron chi connectivity index (χ0n) is 14.9. The molecule has 1 heterocycles. The molecule has 0 bridgehead atoms. The quantitative estimate of drug-likeness (QED) is 0.857. The smallest absolute Gasteiger partial charge is 0.255 e. The van der Waals surface area contributed by atoms with Crippen molar-refractivity contribution < 1.29 is 9.90 Å². The van der Waals surface area contributed by atoms with E-state index in [-0.39, 0.29) is 18.1 Å². The highest BCUT2D eigenvalue weighted by molar-refractivity contribution is 6.31. The van der Waals surface area contributed by atoms with Gasteiger partial charge >= 0.3 is 0 Å². The van der Waals surface area contributed by atoms with Crippen LogP contribution in [0.5, 0.6) is 0 Å². The summed E-state index contributed by atoms with van der Waals surface area (Å²) in [6.07, 6.45) is 6.78. The molecule has 2 saturated carbocycles. The van der Waals surface area contributed by atoms with E-state index in [0.29, 0.717) is 16.5 Å². The number of carbonyl (C=O) groups is 1. The van der Waals surface area contributed by atoms with Gasteiger partial charge in [-0.1, -0.05) is 17.7 Å². The summed E-state index contributed by atoms with van der Waals surface area (Å²) in [6, 6.07) is 6.00. The Morgan fingerprint density at radius 1 is 1.23 bits per heavy atom. The van der Waals surface area contributed by atoms with Gasteiger partial charge in [0.05, 0.1) is 29.2 Å². The molecule has 2 aliphatic rings. The average molecular weight is 374 g/mol. The summed E-state index contributed by atoms with van der Waals surface area (Å²) in [5.74, 6) is 0.323. The number of hydrogen-bond donors (Lipinski definition) is 2. The van der Waals surface area contributed by atoms with Crippen molar-refractivity contribution >= 4 is 17.5 Å². The molecule has 0 aliphatic heterocycles. The van der Waals surface area contributed by atoms with Crippen LogP contribution in [-0.2, 0) is 0 Å². The third kappa shape index (κ3) is 3.51. The number of carbonyl (C=O) groups excluding carboxylic acids is 1. The number of hydrogen-bond acceptors (Lipinski definition) is 3. The van der Waals surface area contributed by atoms with Gasteiger partial charge in [-0.3, -0.25) is 4.79 Å². The van der Waals surface area contributed by atoms with Crippen LogP contribution < -0.4 is 5.32 Å². The second-order valence-electron chi connectivity index (χ2n) is 7.54. The van der Waals surface area contributed by atoms with Crippen molar-refractivity contribution in [3.63, 3.8) is 0 Å². The molecule has 1 aromatic carbocycles.